The van der Waals surface area contributed by atoms with Crippen molar-refractivity contribution in [2.45, 2.75) is 25.4 Å². The maximum Gasteiger partial charge on any atom is 0.379 e. The highest BCUT2D eigenvalue weighted by molar-refractivity contribution is 6.06. The molecule has 1 aliphatic heterocycles. The Bertz CT molecular complexity index is 1090. The Morgan fingerprint density at radius 1 is 1.27 bits per heavy atom. The molecule has 1 aromatic carbocycles. The van der Waals surface area contributed by atoms with Crippen LogP contribution in [0.2, 0.25) is 0 Å². The van der Waals surface area contributed by atoms with Crippen LogP contribution in [0.3, 0.4) is 0 Å². The standard InChI is InChI=1S/C18H22N6O2.CHF3/c1-23(2)18(26)20-12-4-3-5-13-16(12)17-21-15(25)10-14(24(17)22-13)11-6-8-19-9-7-11;2-1(3)4/h3-5,10-11,19H,6-9H2,1-2H3,(H,20,26)(H,21,25);1H. The van der Waals surface area contributed by atoms with Gasteiger partial charge in [-0.3, -0.25) is 4.79 Å². The molecule has 1 fully saturated rings. The number of hydrogen-bond donors (Lipinski definition) is 3. The number of fused-ring (bicyclic) bond motifs is 3. The van der Waals surface area contributed by atoms with Gasteiger partial charge in [0, 0.05) is 26.1 Å². The van der Waals surface area contributed by atoms with Crippen molar-refractivity contribution in [3.63, 3.8) is 0 Å². The fourth-order valence-electron chi connectivity index (χ4n) is 3.53. The van der Waals surface area contributed by atoms with Crippen molar-refractivity contribution in [3.8, 4) is 0 Å². The van der Waals surface area contributed by atoms with Crippen LogP contribution in [0.25, 0.3) is 16.6 Å². The van der Waals surface area contributed by atoms with Crippen molar-refractivity contribution >= 4 is 28.3 Å². The molecule has 11 heteroatoms. The predicted molar refractivity (Wildman–Crippen MR) is 108 cm³/mol. The molecule has 30 heavy (non-hydrogen) atoms. The van der Waals surface area contributed by atoms with Gasteiger partial charge in [0.15, 0.2) is 0 Å². The Morgan fingerprint density at radius 2 is 1.93 bits per heavy atom. The van der Waals surface area contributed by atoms with Crippen LogP contribution in [-0.2, 0) is 0 Å². The van der Waals surface area contributed by atoms with Crippen LogP contribution in [0.5, 0.6) is 0 Å². The normalized spacial score (nSPS) is 14.6. The van der Waals surface area contributed by atoms with E-state index < -0.39 is 6.68 Å². The van der Waals surface area contributed by atoms with Gasteiger partial charge in [-0.15, -0.1) is 0 Å². The minimum absolute atomic E-state index is 0.151. The lowest BCUT2D eigenvalue weighted by Gasteiger charge is -2.23. The fourth-order valence-corrected chi connectivity index (χ4v) is 3.53. The number of carbonyl (C=O) groups excluding carboxylic acids is 1. The van der Waals surface area contributed by atoms with Crippen molar-refractivity contribution in [3.05, 3.63) is 40.3 Å². The second-order valence-electron chi connectivity index (χ2n) is 7.11. The van der Waals surface area contributed by atoms with Crippen molar-refractivity contribution in [2.24, 2.45) is 0 Å². The lowest BCUT2D eigenvalue weighted by molar-refractivity contribution is 0.00819. The smallest absolute Gasteiger partial charge is 0.331 e. The molecule has 2 aromatic heterocycles. The highest BCUT2D eigenvalue weighted by Gasteiger charge is 2.22. The number of rotatable bonds is 2. The van der Waals surface area contributed by atoms with Crippen molar-refractivity contribution in [1.82, 2.24) is 24.8 Å². The molecule has 3 aromatic rings. The van der Waals surface area contributed by atoms with E-state index in [1.807, 2.05) is 22.7 Å². The molecule has 1 saturated heterocycles. The SMILES string of the molecule is CN(C)C(=O)Nc1cccc2nn3c(C4CCNCC4)cc(=O)[nH]c3c12.FC(F)F. The number of piperidine rings is 1. The van der Waals surface area contributed by atoms with Gasteiger partial charge in [-0.2, -0.15) is 18.3 Å². The van der Waals surface area contributed by atoms with E-state index in [0.717, 1.165) is 42.5 Å². The lowest BCUT2D eigenvalue weighted by Crippen LogP contribution is -2.28. The minimum atomic E-state index is -3.67. The second kappa shape index (κ2) is 9.16. The molecule has 4 rings (SSSR count). The monoisotopic (exact) mass is 424 g/mol. The van der Waals surface area contributed by atoms with Gasteiger partial charge in [0.05, 0.1) is 22.3 Å². The summed E-state index contributed by atoms with van der Waals surface area (Å²) in [5.74, 6) is 0.287. The first-order valence-corrected chi connectivity index (χ1v) is 9.44. The maximum atomic E-state index is 12.3. The molecule has 0 radical (unpaired) electrons. The highest BCUT2D eigenvalue weighted by Crippen LogP contribution is 2.30. The molecule has 3 heterocycles. The number of amides is 2. The highest BCUT2D eigenvalue weighted by atomic mass is 19.4. The van der Waals surface area contributed by atoms with Crippen molar-refractivity contribution < 1.29 is 18.0 Å². The van der Waals surface area contributed by atoms with E-state index in [0.29, 0.717) is 11.3 Å². The fraction of sp³-hybridized carbons (Fsp3) is 0.421. The average molecular weight is 424 g/mol. The summed E-state index contributed by atoms with van der Waals surface area (Å²) in [6.07, 6.45) is 1.94. The van der Waals surface area contributed by atoms with Crippen molar-refractivity contribution in [2.75, 3.05) is 32.5 Å². The van der Waals surface area contributed by atoms with Gasteiger partial charge < -0.3 is 20.5 Å². The molecule has 0 saturated carbocycles. The zero-order valence-corrected chi connectivity index (χ0v) is 16.6. The van der Waals surface area contributed by atoms with Crippen LogP contribution < -0.4 is 16.2 Å². The van der Waals surface area contributed by atoms with E-state index in [-0.39, 0.29) is 17.5 Å². The molecule has 0 spiro atoms. The van der Waals surface area contributed by atoms with Gasteiger partial charge in [-0.25, -0.2) is 9.31 Å². The predicted octanol–water partition coefficient (Wildman–Crippen LogP) is 2.91. The summed E-state index contributed by atoms with van der Waals surface area (Å²) in [6, 6.07) is 6.97. The average Bonchev–Trinajstić information content (AvgIpc) is 3.07. The first-order chi connectivity index (χ1) is 14.3. The third-order valence-electron chi connectivity index (χ3n) is 4.87. The number of H-pyrrole nitrogens is 1. The number of aromatic nitrogens is 3. The zero-order chi connectivity index (χ0) is 21.8. The summed E-state index contributed by atoms with van der Waals surface area (Å²) < 4.78 is 30.8. The molecule has 3 N–H and O–H groups in total. The molecule has 1 aliphatic rings. The first-order valence-electron chi connectivity index (χ1n) is 9.44. The number of halogens is 3. The molecule has 2 amide bonds. The van der Waals surface area contributed by atoms with Crippen LogP contribution in [0.1, 0.15) is 24.5 Å². The van der Waals surface area contributed by atoms with Crippen LogP contribution in [0, 0.1) is 0 Å². The molecule has 162 valence electrons. The summed E-state index contributed by atoms with van der Waals surface area (Å²) in [5.41, 5.74) is 2.76. The Balaban J connectivity index is 0.000000589. The topological polar surface area (TPSA) is 94.5 Å². The number of anilines is 1. The number of aromatic amines is 1. The second-order valence-corrected chi connectivity index (χ2v) is 7.11. The Hall–Kier alpha value is -3.08. The summed E-state index contributed by atoms with van der Waals surface area (Å²) in [4.78, 5) is 28.8. The number of hydrogen-bond acceptors (Lipinski definition) is 4. The molecular formula is C19H23F3N6O2. The number of carbonyl (C=O) groups is 1. The van der Waals surface area contributed by atoms with E-state index in [1.165, 1.54) is 4.90 Å². The van der Waals surface area contributed by atoms with Gasteiger partial charge in [0.2, 0.25) is 0 Å². The molecule has 0 atom stereocenters. The Morgan fingerprint density at radius 3 is 2.57 bits per heavy atom. The van der Waals surface area contributed by atoms with Crippen LogP contribution in [-0.4, -0.2) is 59.4 Å². The number of nitrogens with zero attached hydrogens (tertiary/aromatic N) is 3. The third kappa shape index (κ3) is 4.73. The largest absolute Gasteiger partial charge is 0.379 e. The molecule has 0 bridgehead atoms. The maximum absolute atomic E-state index is 12.3. The molecule has 8 nitrogen and oxygen atoms in total. The Labute approximate surface area is 170 Å². The van der Waals surface area contributed by atoms with Gasteiger partial charge in [0.1, 0.15) is 5.65 Å². The summed E-state index contributed by atoms with van der Waals surface area (Å²) in [7, 11) is 3.37. The van der Waals surface area contributed by atoms with E-state index in [9.17, 15) is 22.8 Å². The molecule has 0 unspecified atom stereocenters. The quantitative estimate of drug-likeness (QED) is 0.590. The lowest BCUT2D eigenvalue weighted by atomic mass is 9.94. The third-order valence-corrected chi connectivity index (χ3v) is 4.87. The summed E-state index contributed by atoms with van der Waals surface area (Å²) >= 11 is 0. The van der Waals surface area contributed by atoms with E-state index in [4.69, 9.17) is 5.10 Å². The molecular weight excluding hydrogens is 401 g/mol. The van der Waals surface area contributed by atoms with Gasteiger partial charge >= 0.3 is 12.7 Å². The summed E-state index contributed by atoms with van der Waals surface area (Å²) in [5, 5.41) is 11.7. The van der Waals surface area contributed by atoms with Gasteiger partial charge in [0.25, 0.3) is 5.56 Å². The number of urea groups is 1. The Kier molecular flexibility index (Phi) is 6.60. The first kappa shape index (κ1) is 21.6. The van der Waals surface area contributed by atoms with E-state index in [2.05, 4.69) is 15.6 Å². The minimum Gasteiger partial charge on any atom is -0.331 e. The van der Waals surface area contributed by atoms with Gasteiger partial charge in [-0.1, -0.05) is 6.07 Å². The van der Waals surface area contributed by atoms with Crippen LogP contribution in [0.15, 0.2) is 29.1 Å². The van der Waals surface area contributed by atoms with E-state index in [1.54, 1.807) is 20.2 Å². The van der Waals surface area contributed by atoms with Crippen molar-refractivity contribution in [1.29, 1.82) is 0 Å². The van der Waals surface area contributed by atoms with Crippen LogP contribution >= 0.6 is 0 Å². The molecule has 0 aliphatic carbocycles. The number of nitrogens with one attached hydrogen (secondary N) is 3. The van der Waals surface area contributed by atoms with Gasteiger partial charge in [-0.05, 0) is 38.1 Å². The van der Waals surface area contributed by atoms with E-state index >= 15 is 0 Å². The zero-order valence-electron chi connectivity index (χ0n) is 16.6. The van der Waals surface area contributed by atoms with Crippen LogP contribution in [0.4, 0.5) is 23.7 Å². The number of alkyl halides is 3. The number of benzene rings is 1. The summed E-state index contributed by atoms with van der Waals surface area (Å²) in [6.45, 7) is -1.80.